The van der Waals surface area contributed by atoms with Crippen LogP contribution >= 0.6 is 11.6 Å². The molecular weight excluding hydrogens is 551 g/mol. The van der Waals surface area contributed by atoms with Crippen molar-refractivity contribution in [1.82, 2.24) is 19.8 Å². The Labute approximate surface area is 252 Å². The molecule has 224 valence electrons. The number of nitrogens with one attached hydrogen (secondary N) is 2. The fourth-order valence-electron chi connectivity index (χ4n) is 7.63. The summed E-state index contributed by atoms with van der Waals surface area (Å²) in [5.74, 6) is 2.53. The minimum Gasteiger partial charge on any atom is -0.340 e. The summed E-state index contributed by atoms with van der Waals surface area (Å²) in [6.45, 7) is 13.7. The molecule has 7 nitrogen and oxygen atoms in total. The standard InChI is InChI=1S/C33H42ClFN6O/c1-19-16-41(17-20(2)37-19)32(39-29-13-23-12-27(21(29)3)33(23,4)5)38-25-8-9-26-30(15-25)36-18-40(31(26)42)11-10-22-6-7-24(34)14-28(22)35/h6-9,14-15,18-21,23,27,29,37H,10-13,16-17H2,1-5H3,(H,38,39)/t19-,20+,21-,23+,27-,29-/m0/s1. The predicted octanol–water partition coefficient (Wildman–Crippen LogP) is 5.95. The first kappa shape index (κ1) is 29.1. The van der Waals surface area contributed by atoms with E-state index in [4.69, 9.17) is 16.6 Å². The largest absolute Gasteiger partial charge is 0.340 e. The van der Waals surface area contributed by atoms with Crippen LogP contribution in [0.15, 0.2) is 52.5 Å². The first-order valence-corrected chi connectivity index (χ1v) is 15.7. The van der Waals surface area contributed by atoms with E-state index < -0.39 is 0 Å². The van der Waals surface area contributed by atoms with Crippen molar-refractivity contribution >= 4 is 34.2 Å². The molecule has 4 fully saturated rings. The number of piperazine rings is 1. The zero-order valence-corrected chi connectivity index (χ0v) is 26.0. The highest BCUT2D eigenvalue weighted by atomic mass is 35.5. The first-order valence-electron chi connectivity index (χ1n) is 15.3. The van der Waals surface area contributed by atoms with E-state index in [1.54, 1.807) is 18.5 Å². The summed E-state index contributed by atoms with van der Waals surface area (Å²) in [4.78, 5) is 25.7. The van der Waals surface area contributed by atoms with Crippen molar-refractivity contribution in [2.24, 2.45) is 28.2 Å². The van der Waals surface area contributed by atoms with Crippen LogP contribution in [-0.4, -0.2) is 51.6 Å². The lowest BCUT2D eigenvalue weighted by Crippen LogP contribution is -2.59. The van der Waals surface area contributed by atoms with Gasteiger partial charge in [-0.3, -0.25) is 9.36 Å². The molecule has 1 aliphatic heterocycles. The van der Waals surface area contributed by atoms with E-state index in [9.17, 15) is 9.18 Å². The zero-order chi connectivity index (χ0) is 29.8. The van der Waals surface area contributed by atoms with Crippen molar-refractivity contribution in [2.45, 2.75) is 78.6 Å². The van der Waals surface area contributed by atoms with Crippen LogP contribution in [0.2, 0.25) is 5.02 Å². The van der Waals surface area contributed by atoms with Crippen LogP contribution < -0.4 is 16.2 Å². The van der Waals surface area contributed by atoms with E-state index in [0.717, 1.165) is 43.0 Å². The molecule has 6 atom stereocenters. The topological polar surface area (TPSA) is 74.5 Å². The van der Waals surface area contributed by atoms with Gasteiger partial charge in [-0.05, 0) is 92.2 Å². The van der Waals surface area contributed by atoms with E-state index in [0.29, 0.717) is 63.9 Å². The monoisotopic (exact) mass is 592 g/mol. The molecule has 2 N–H and O–H groups in total. The number of hydrogen-bond acceptors (Lipinski definition) is 4. The van der Waals surface area contributed by atoms with E-state index in [1.165, 1.54) is 17.1 Å². The Morgan fingerprint density at radius 3 is 2.60 bits per heavy atom. The predicted molar refractivity (Wildman–Crippen MR) is 169 cm³/mol. The number of aliphatic imine (C=N–C) groups is 1. The molecule has 0 spiro atoms. The Bertz CT molecular complexity index is 1560. The molecular formula is C33H42ClFN6O. The number of rotatable bonds is 5. The van der Waals surface area contributed by atoms with Gasteiger partial charge in [-0.2, -0.15) is 0 Å². The molecule has 2 bridgehead atoms. The number of aryl methyl sites for hydroxylation is 2. The van der Waals surface area contributed by atoms with Crippen molar-refractivity contribution < 1.29 is 4.39 Å². The van der Waals surface area contributed by atoms with E-state index in [-0.39, 0.29) is 11.4 Å². The van der Waals surface area contributed by atoms with Crippen LogP contribution in [0.25, 0.3) is 10.9 Å². The van der Waals surface area contributed by atoms with Gasteiger partial charge >= 0.3 is 0 Å². The van der Waals surface area contributed by atoms with Crippen LogP contribution in [0.3, 0.4) is 0 Å². The van der Waals surface area contributed by atoms with E-state index >= 15 is 0 Å². The summed E-state index contributed by atoms with van der Waals surface area (Å²) in [6.07, 6.45) is 4.38. The molecule has 9 heteroatoms. The van der Waals surface area contributed by atoms with Gasteiger partial charge in [0.25, 0.3) is 5.56 Å². The summed E-state index contributed by atoms with van der Waals surface area (Å²) in [6, 6.07) is 11.3. The molecule has 4 aliphatic rings. The highest BCUT2D eigenvalue weighted by molar-refractivity contribution is 6.30. The lowest BCUT2D eigenvalue weighted by molar-refractivity contribution is -0.108. The quantitative estimate of drug-likeness (QED) is 0.283. The zero-order valence-electron chi connectivity index (χ0n) is 25.2. The molecule has 7 rings (SSSR count). The lowest BCUT2D eigenvalue weighted by Gasteiger charge is -2.61. The minimum absolute atomic E-state index is 0.141. The molecule has 0 amide bonds. The number of nitrogens with zero attached hydrogens (tertiary/aromatic N) is 4. The second kappa shape index (κ2) is 11.3. The minimum atomic E-state index is -0.367. The SMILES string of the molecule is C[C@@H]1[C@@H](N=C(Nc2ccc3c(=O)n(CCc4ccc(Cl)cc4F)cnc3c2)N2C[C@@H](C)N[C@@H](C)C2)C[C@H]2C[C@@H]1C2(C)C. The number of halogens is 2. The van der Waals surface area contributed by atoms with Crippen molar-refractivity contribution in [1.29, 1.82) is 0 Å². The Kier molecular flexibility index (Phi) is 7.81. The maximum Gasteiger partial charge on any atom is 0.261 e. The highest BCUT2D eigenvalue weighted by Crippen LogP contribution is 2.61. The molecule has 1 saturated heterocycles. The fraction of sp³-hybridized carbons (Fsp3) is 0.545. The van der Waals surface area contributed by atoms with E-state index in [2.05, 4.69) is 55.1 Å². The molecule has 1 aromatic heterocycles. The van der Waals surface area contributed by atoms with Crippen LogP contribution in [0, 0.1) is 29.0 Å². The van der Waals surface area contributed by atoms with Crippen molar-refractivity contribution in [3.8, 4) is 0 Å². The van der Waals surface area contributed by atoms with Gasteiger partial charge in [0.1, 0.15) is 5.82 Å². The average Bonchev–Trinajstić information content (AvgIpc) is 2.93. The fourth-order valence-corrected chi connectivity index (χ4v) is 7.79. The van der Waals surface area contributed by atoms with Gasteiger partial charge in [-0.1, -0.05) is 38.4 Å². The number of benzene rings is 2. The second-order valence-electron chi connectivity index (χ2n) is 13.4. The van der Waals surface area contributed by atoms with Crippen molar-refractivity contribution in [3.63, 3.8) is 0 Å². The van der Waals surface area contributed by atoms with Gasteiger partial charge < -0.3 is 15.5 Å². The first-order chi connectivity index (χ1) is 20.0. The van der Waals surface area contributed by atoms with Gasteiger partial charge in [-0.25, -0.2) is 14.4 Å². The summed E-state index contributed by atoms with van der Waals surface area (Å²) in [7, 11) is 0. The van der Waals surface area contributed by atoms with Crippen LogP contribution in [-0.2, 0) is 13.0 Å². The van der Waals surface area contributed by atoms with Crippen LogP contribution in [0.4, 0.5) is 10.1 Å². The Balaban J connectivity index is 1.24. The molecule has 2 aromatic carbocycles. The summed E-state index contributed by atoms with van der Waals surface area (Å²) < 4.78 is 15.8. The second-order valence-corrected chi connectivity index (χ2v) is 13.9. The number of hydrogen-bond donors (Lipinski definition) is 2. The number of anilines is 1. The van der Waals surface area contributed by atoms with Gasteiger partial charge in [-0.15, -0.1) is 0 Å². The third-order valence-electron chi connectivity index (χ3n) is 10.2. The highest BCUT2D eigenvalue weighted by Gasteiger charge is 2.56. The van der Waals surface area contributed by atoms with E-state index in [1.807, 2.05) is 18.2 Å². The number of guanidine groups is 1. The molecule has 3 saturated carbocycles. The Hall–Kier alpha value is -2.97. The molecule has 0 radical (unpaired) electrons. The summed E-state index contributed by atoms with van der Waals surface area (Å²) in [5.41, 5.74) is 2.27. The van der Waals surface area contributed by atoms with Crippen molar-refractivity contribution in [2.75, 3.05) is 18.4 Å². The Morgan fingerprint density at radius 2 is 1.90 bits per heavy atom. The smallest absolute Gasteiger partial charge is 0.261 e. The summed E-state index contributed by atoms with van der Waals surface area (Å²) in [5, 5.41) is 8.16. The maximum atomic E-state index is 14.2. The molecule has 3 aliphatic carbocycles. The van der Waals surface area contributed by atoms with Gasteiger partial charge in [0.05, 0.1) is 23.3 Å². The number of aromatic nitrogens is 2. The number of fused-ring (bicyclic) bond motifs is 3. The normalized spacial score (nSPS) is 28.9. The third kappa shape index (κ3) is 5.55. The molecule has 0 unspecified atom stereocenters. The van der Waals surface area contributed by atoms with Crippen LogP contribution in [0.1, 0.15) is 53.0 Å². The van der Waals surface area contributed by atoms with Crippen molar-refractivity contribution in [3.05, 3.63) is 69.5 Å². The molecule has 42 heavy (non-hydrogen) atoms. The van der Waals surface area contributed by atoms with Crippen LogP contribution in [0.5, 0.6) is 0 Å². The molecule has 2 heterocycles. The third-order valence-corrected chi connectivity index (χ3v) is 10.4. The lowest BCUT2D eigenvalue weighted by atomic mass is 9.45. The maximum absolute atomic E-state index is 14.2. The van der Waals surface area contributed by atoms with Gasteiger partial charge in [0, 0.05) is 42.4 Å². The summed E-state index contributed by atoms with van der Waals surface area (Å²) >= 11 is 5.88. The average molecular weight is 593 g/mol. The Morgan fingerprint density at radius 1 is 1.14 bits per heavy atom. The van der Waals surface area contributed by atoms with Gasteiger partial charge in [0.2, 0.25) is 0 Å². The van der Waals surface area contributed by atoms with Gasteiger partial charge in [0.15, 0.2) is 5.96 Å². The molecule has 3 aromatic rings.